The molecule has 0 aromatic heterocycles. The van der Waals surface area contributed by atoms with Crippen LogP contribution in [-0.4, -0.2) is 30.3 Å². The van der Waals surface area contributed by atoms with Crippen molar-refractivity contribution in [2.75, 3.05) is 18.1 Å². The number of halogens is 1. The molecule has 0 unspecified atom stereocenters. The second-order valence-corrected chi connectivity index (χ2v) is 4.46. The molecule has 5 nitrogen and oxygen atoms in total. The number of carboxylic acid groups (broad SMARTS) is 1. The van der Waals surface area contributed by atoms with Gasteiger partial charge in [0.1, 0.15) is 13.2 Å². The Balaban J connectivity index is 2.97. The molecular weight excluding hydrogens is 349 g/mol. The van der Waals surface area contributed by atoms with Gasteiger partial charge in [-0.1, -0.05) is 24.8 Å². The Morgan fingerprint density at radius 2 is 2.11 bits per heavy atom. The first-order valence-corrected chi connectivity index (χ1v) is 6.15. The van der Waals surface area contributed by atoms with Crippen molar-refractivity contribution in [2.45, 2.75) is 0 Å². The number of nitrogens with zero attached hydrogens (tertiary/aromatic N) is 1. The van der Waals surface area contributed by atoms with Crippen LogP contribution in [0.2, 0.25) is 0 Å². The summed E-state index contributed by atoms with van der Waals surface area (Å²) in [6.45, 7) is 3.02. The highest BCUT2D eigenvalue weighted by atomic mass is 127. The van der Waals surface area contributed by atoms with Gasteiger partial charge >= 0.3 is 12.1 Å². The van der Waals surface area contributed by atoms with Crippen molar-refractivity contribution >= 4 is 40.3 Å². The van der Waals surface area contributed by atoms with Gasteiger partial charge in [-0.05, 0) is 34.7 Å². The van der Waals surface area contributed by atoms with Gasteiger partial charge in [0, 0.05) is 3.57 Å². The largest absolute Gasteiger partial charge is 0.480 e. The first kappa shape index (κ1) is 14.5. The van der Waals surface area contributed by atoms with Crippen molar-refractivity contribution in [1.82, 2.24) is 0 Å². The van der Waals surface area contributed by atoms with Gasteiger partial charge < -0.3 is 9.84 Å². The normalized spacial score (nSPS) is 9.61. The molecule has 0 saturated heterocycles. The fourth-order valence-electron chi connectivity index (χ4n) is 1.26. The molecule has 0 aliphatic rings. The van der Waals surface area contributed by atoms with Crippen LogP contribution < -0.4 is 4.90 Å². The minimum absolute atomic E-state index is 0.0400. The highest BCUT2D eigenvalue weighted by Crippen LogP contribution is 2.22. The van der Waals surface area contributed by atoms with Gasteiger partial charge in [-0.15, -0.1) is 0 Å². The topological polar surface area (TPSA) is 66.8 Å². The monoisotopic (exact) mass is 361 g/mol. The first-order chi connectivity index (χ1) is 8.56. The van der Waals surface area contributed by atoms with Crippen LogP contribution in [0.5, 0.6) is 0 Å². The number of para-hydroxylation sites is 1. The molecule has 18 heavy (non-hydrogen) atoms. The van der Waals surface area contributed by atoms with Crippen LogP contribution >= 0.6 is 22.6 Å². The highest BCUT2D eigenvalue weighted by molar-refractivity contribution is 14.1. The van der Waals surface area contributed by atoms with Gasteiger partial charge in [-0.3, -0.25) is 9.69 Å². The van der Waals surface area contributed by atoms with Gasteiger partial charge in [0.15, 0.2) is 0 Å². The van der Waals surface area contributed by atoms with Crippen molar-refractivity contribution in [3.05, 3.63) is 40.5 Å². The van der Waals surface area contributed by atoms with Gasteiger partial charge in [0.25, 0.3) is 0 Å². The number of carbonyl (C=O) groups is 2. The number of carboxylic acids is 1. The van der Waals surface area contributed by atoms with Crippen LogP contribution in [0.15, 0.2) is 36.9 Å². The van der Waals surface area contributed by atoms with Crippen molar-refractivity contribution < 1.29 is 19.4 Å². The Labute approximate surface area is 118 Å². The molecule has 96 valence electrons. The average Bonchev–Trinajstić information content (AvgIpc) is 2.34. The summed E-state index contributed by atoms with van der Waals surface area (Å²) < 4.78 is 5.64. The third kappa shape index (κ3) is 4.02. The van der Waals surface area contributed by atoms with E-state index in [0.29, 0.717) is 5.69 Å². The van der Waals surface area contributed by atoms with Gasteiger partial charge in [-0.25, -0.2) is 4.79 Å². The maximum absolute atomic E-state index is 11.8. The van der Waals surface area contributed by atoms with Crippen molar-refractivity contribution in [1.29, 1.82) is 0 Å². The summed E-state index contributed by atoms with van der Waals surface area (Å²) in [7, 11) is 0. The van der Waals surface area contributed by atoms with E-state index < -0.39 is 18.6 Å². The zero-order chi connectivity index (χ0) is 13.5. The quantitative estimate of drug-likeness (QED) is 0.647. The molecule has 0 atom stereocenters. The lowest BCUT2D eigenvalue weighted by atomic mass is 10.3. The summed E-state index contributed by atoms with van der Waals surface area (Å²) >= 11 is 2.03. The van der Waals surface area contributed by atoms with E-state index in [4.69, 9.17) is 9.84 Å². The Kier molecular flexibility index (Phi) is 5.63. The Morgan fingerprint density at radius 1 is 1.44 bits per heavy atom. The molecule has 0 fully saturated rings. The van der Waals surface area contributed by atoms with Crippen LogP contribution in [0.1, 0.15) is 0 Å². The fraction of sp³-hybridized carbons (Fsp3) is 0.167. The predicted octanol–water partition coefficient (Wildman–Crippen LogP) is 2.50. The fourth-order valence-corrected chi connectivity index (χ4v) is 1.94. The molecule has 1 rings (SSSR count). The summed E-state index contributed by atoms with van der Waals surface area (Å²) in [5, 5.41) is 8.84. The van der Waals surface area contributed by atoms with Crippen molar-refractivity contribution in [3.63, 3.8) is 0 Å². The van der Waals surface area contributed by atoms with E-state index in [-0.39, 0.29) is 6.61 Å². The number of rotatable bonds is 5. The molecule has 0 aliphatic carbocycles. The summed E-state index contributed by atoms with van der Waals surface area (Å²) in [4.78, 5) is 23.7. The third-order valence-electron chi connectivity index (χ3n) is 1.98. The zero-order valence-corrected chi connectivity index (χ0v) is 11.7. The summed E-state index contributed by atoms with van der Waals surface area (Å²) in [5.74, 6) is -1.11. The number of hydrogen-bond donors (Lipinski definition) is 1. The summed E-state index contributed by atoms with van der Waals surface area (Å²) in [6, 6.07) is 6.98. The minimum Gasteiger partial charge on any atom is -0.480 e. The second kappa shape index (κ2) is 7.00. The number of aliphatic carboxylic acids is 1. The lowest BCUT2D eigenvalue weighted by Gasteiger charge is -2.21. The van der Waals surface area contributed by atoms with E-state index in [1.54, 1.807) is 24.3 Å². The van der Waals surface area contributed by atoms with Gasteiger partial charge in [-0.2, -0.15) is 0 Å². The first-order valence-electron chi connectivity index (χ1n) is 5.07. The summed E-state index contributed by atoms with van der Waals surface area (Å²) in [5.41, 5.74) is 0.509. The number of hydrogen-bond acceptors (Lipinski definition) is 3. The molecule has 0 radical (unpaired) electrons. The maximum atomic E-state index is 11.8. The van der Waals surface area contributed by atoms with Crippen molar-refractivity contribution in [2.24, 2.45) is 0 Å². The molecule has 0 heterocycles. The molecule has 0 saturated carbocycles. The van der Waals surface area contributed by atoms with E-state index in [1.165, 1.54) is 6.08 Å². The van der Waals surface area contributed by atoms with Crippen LogP contribution in [0, 0.1) is 3.57 Å². The number of carbonyl (C=O) groups excluding carboxylic acids is 1. The Bertz CT molecular complexity index is 461. The van der Waals surface area contributed by atoms with E-state index in [9.17, 15) is 9.59 Å². The molecular formula is C12H12INO4. The zero-order valence-electron chi connectivity index (χ0n) is 9.51. The maximum Gasteiger partial charge on any atom is 0.415 e. The molecule has 0 spiro atoms. The number of benzene rings is 1. The van der Waals surface area contributed by atoms with E-state index in [0.717, 1.165) is 8.47 Å². The highest BCUT2D eigenvalue weighted by Gasteiger charge is 2.21. The SMILES string of the molecule is C=CCOC(=O)N(CC(=O)O)c1ccccc1I. The molecule has 1 N–H and O–H groups in total. The lowest BCUT2D eigenvalue weighted by molar-refractivity contribution is -0.135. The van der Waals surface area contributed by atoms with Crippen LogP contribution in [0.3, 0.4) is 0 Å². The Morgan fingerprint density at radius 3 is 2.67 bits per heavy atom. The second-order valence-electron chi connectivity index (χ2n) is 3.30. The van der Waals surface area contributed by atoms with E-state index in [2.05, 4.69) is 6.58 Å². The van der Waals surface area contributed by atoms with Crippen LogP contribution in [0.25, 0.3) is 0 Å². The van der Waals surface area contributed by atoms with E-state index in [1.807, 2.05) is 22.6 Å². The smallest absolute Gasteiger partial charge is 0.415 e. The average molecular weight is 361 g/mol. The Hall–Kier alpha value is -1.57. The predicted molar refractivity (Wildman–Crippen MR) is 75.7 cm³/mol. The number of amides is 1. The minimum atomic E-state index is -1.11. The van der Waals surface area contributed by atoms with Crippen LogP contribution in [-0.2, 0) is 9.53 Å². The van der Waals surface area contributed by atoms with Gasteiger partial charge in [0.05, 0.1) is 5.69 Å². The number of ether oxygens (including phenoxy) is 1. The molecule has 0 bridgehead atoms. The standard InChI is InChI=1S/C12H12INO4/c1-2-7-18-12(17)14(8-11(15)16)10-6-4-3-5-9(10)13/h2-6H,1,7-8H2,(H,15,16). The van der Waals surface area contributed by atoms with Gasteiger partial charge in [0.2, 0.25) is 0 Å². The van der Waals surface area contributed by atoms with Crippen molar-refractivity contribution in [3.8, 4) is 0 Å². The lowest BCUT2D eigenvalue weighted by Crippen LogP contribution is -2.36. The molecule has 1 aromatic carbocycles. The number of anilines is 1. The third-order valence-corrected chi connectivity index (χ3v) is 2.89. The summed E-state index contributed by atoms with van der Waals surface area (Å²) in [6.07, 6.45) is 0.716. The molecule has 6 heteroatoms. The van der Waals surface area contributed by atoms with Crippen LogP contribution in [0.4, 0.5) is 10.5 Å². The molecule has 0 aliphatic heterocycles. The molecule has 1 amide bonds. The molecule has 1 aromatic rings. The van der Waals surface area contributed by atoms with E-state index >= 15 is 0 Å².